The van der Waals surface area contributed by atoms with Crippen molar-refractivity contribution in [2.75, 3.05) is 0 Å². The highest BCUT2D eigenvalue weighted by molar-refractivity contribution is 6.73. The third-order valence-corrected chi connectivity index (χ3v) is 1.60. The summed E-state index contributed by atoms with van der Waals surface area (Å²) in [7, 11) is 0.819. The second-order valence-electron chi connectivity index (χ2n) is 2.64. The molecule has 1 rings (SSSR count). The summed E-state index contributed by atoms with van der Waals surface area (Å²) in [6, 6.07) is 0. The SMILES string of the molecule is Cn1ncc(C(F)(F)F)c1[B-](F)(F)F. The number of alkyl halides is 3. The van der Waals surface area contributed by atoms with Crippen molar-refractivity contribution in [2.45, 2.75) is 6.18 Å². The molecule has 0 unspecified atom stereocenters. The van der Waals surface area contributed by atoms with Gasteiger partial charge in [-0.1, -0.05) is 0 Å². The molecule has 0 aliphatic rings. The van der Waals surface area contributed by atoms with Crippen LogP contribution >= 0.6 is 0 Å². The third kappa shape index (κ3) is 1.85. The Bertz CT molecular complexity index is 337. The lowest BCUT2D eigenvalue weighted by Gasteiger charge is -2.18. The monoisotopic (exact) mass is 217 g/mol. The van der Waals surface area contributed by atoms with Crippen molar-refractivity contribution < 1.29 is 26.1 Å². The van der Waals surface area contributed by atoms with Gasteiger partial charge in [-0.2, -0.15) is 18.3 Å². The molecule has 1 aromatic heterocycles. The number of aromatic nitrogens is 2. The van der Waals surface area contributed by atoms with Gasteiger partial charge in [0.1, 0.15) is 0 Å². The summed E-state index contributed by atoms with van der Waals surface area (Å²) < 4.78 is 72.9. The summed E-state index contributed by atoms with van der Waals surface area (Å²) in [6.07, 6.45) is -4.86. The Hall–Kier alpha value is -1.15. The van der Waals surface area contributed by atoms with E-state index in [1.54, 1.807) is 0 Å². The number of rotatable bonds is 1. The van der Waals surface area contributed by atoms with Crippen molar-refractivity contribution in [1.82, 2.24) is 9.78 Å². The zero-order chi connectivity index (χ0) is 11.1. The summed E-state index contributed by atoms with van der Waals surface area (Å²) in [5.74, 6) is 0. The smallest absolute Gasteiger partial charge is 0.444 e. The van der Waals surface area contributed by atoms with E-state index in [1.165, 1.54) is 0 Å². The lowest BCUT2D eigenvalue weighted by molar-refractivity contribution is -0.136. The summed E-state index contributed by atoms with van der Waals surface area (Å²) in [5.41, 5.74) is -3.47. The van der Waals surface area contributed by atoms with Gasteiger partial charge in [0.25, 0.3) is 0 Å². The van der Waals surface area contributed by atoms with Crippen LogP contribution in [0.1, 0.15) is 5.56 Å². The summed E-state index contributed by atoms with van der Waals surface area (Å²) in [4.78, 5) is 0. The Morgan fingerprint density at radius 1 is 1.29 bits per heavy atom. The van der Waals surface area contributed by atoms with Crippen LogP contribution in [0.15, 0.2) is 6.20 Å². The van der Waals surface area contributed by atoms with Crippen LogP contribution in [0.3, 0.4) is 0 Å². The van der Waals surface area contributed by atoms with E-state index in [4.69, 9.17) is 0 Å². The van der Waals surface area contributed by atoms with Crippen LogP contribution in [-0.4, -0.2) is 16.8 Å². The molecule has 0 N–H and O–H groups in total. The van der Waals surface area contributed by atoms with E-state index in [0.717, 1.165) is 7.05 Å². The lowest BCUT2D eigenvalue weighted by Crippen LogP contribution is -2.43. The molecule has 1 heterocycles. The number of halogens is 6. The highest BCUT2D eigenvalue weighted by atomic mass is 19.4. The van der Waals surface area contributed by atoms with Crippen molar-refractivity contribution >= 4 is 12.6 Å². The first kappa shape index (κ1) is 10.9. The molecule has 1 aromatic rings. The van der Waals surface area contributed by atoms with Gasteiger partial charge in [-0.25, -0.2) is 0 Å². The first-order valence-electron chi connectivity index (χ1n) is 3.43. The van der Waals surface area contributed by atoms with E-state index >= 15 is 0 Å². The number of hydrogen-bond donors (Lipinski definition) is 0. The second kappa shape index (κ2) is 2.92. The van der Waals surface area contributed by atoms with Crippen LogP contribution in [-0.2, 0) is 13.2 Å². The van der Waals surface area contributed by atoms with E-state index in [2.05, 4.69) is 5.10 Å². The zero-order valence-corrected chi connectivity index (χ0v) is 6.82. The van der Waals surface area contributed by atoms with Gasteiger partial charge in [0.2, 0.25) is 0 Å². The molecular weight excluding hydrogens is 213 g/mol. The normalized spacial score (nSPS) is 13.4. The molecular formula is C5H4BF6N2-. The van der Waals surface area contributed by atoms with Crippen molar-refractivity contribution in [3.05, 3.63) is 11.8 Å². The van der Waals surface area contributed by atoms with Crippen LogP contribution in [0, 0.1) is 0 Å². The van der Waals surface area contributed by atoms with Crippen LogP contribution in [0.25, 0.3) is 0 Å². The average molecular weight is 217 g/mol. The maximum atomic E-state index is 12.2. The van der Waals surface area contributed by atoms with Gasteiger partial charge >= 0.3 is 13.2 Å². The standard InChI is InChI=1S/C5H4BF6N2/c1-14-4(6(10,11)12)3(2-13-14)5(7,8)9/h2H,1H3/q-1. The molecule has 0 spiro atoms. The molecule has 0 saturated heterocycles. The fourth-order valence-corrected chi connectivity index (χ4v) is 1.05. The van der Waals surface area contributed by atoms with E-state index in [9.17, 15) is 26.1 Å². The maximum absolute atomic E-state index is 12.2. The minimum absolute atomic E-state index is 0.171. The van der Waals surface area contributed by atoms with Gasteiger partial charge in [0.15, 0.2) is 0 Å². The predicted molar refractivity (Wildman–Crippen MR) is 36.9 cm³/mol. The number of hydrogen-bond acceptors (Lipinski definition) is 1. The van der Waals surface area contributed by atoms with Crippen molar-refractivity contribution in [2.24, 2.45) is 7.05 Å². The molecule has 0 bridgehead atoms. The quantitative estimate of drug-likeness (QED) is 0.514. The number of nitrogens with zero attached hydrogens (tertiary/aromatic N) is 2. The molecule has 0 radical (unpaired) electrons. The van der Waals surface area contributed by atoms with Crippen LogP contribution in [0.2, 0.25) is 0 Å². The predicted octanol–water partition coefficient (Wildman–Crippen LogP) is 1.49. The molecule has 0 fully saturated rings. The van der Waals surface area contributed by atoms with Crippen molar-refractivity contribution in [3.63, 3.8) is 0 Å². The Morgan fingerprint density at radius 2 is 1.79 bits per heavy atom. The zero-order valence-electron chi connectivity index (χ0n) is 6.82. The molecule has 2 nitrogen and oxygen atoms in total. The molecule has 0 aliphatic heterocycles. The van der Waals surface area contributed by atoms with E-state index in [-0.39, 0.29) is 10.9 Å². The topological polar surface area (TPSA) is 17.8 Å². The maximum Gasteiger partial charge on any atom is 0.528 e. The second-order valence-corrected chi connectivity index (χ2v) is 2.64. The van der Waals surface area contributed by atoms with Crippen LogP contribution < -0.4 is 5.59 Å². The summed E-state index contributed by atoms with van der Waals surface area (Å²) in [5, 5.41) is 2.94. The van der Waals surface area contributed by atoms with Crippen LogP contribution in [0.5, 0.6) is 0 Å². The van der Waals surface area contributed by atoms with Crippen LogP contribution in [0.4, 0.5) is 26.1 Å². The van der Waals surface area contributed by atoms with Gasteiger partial charge in [-0.05, 0) is 5.59 Å². The highest BCUT2D eigenvalue weighted by Gasteiger charge is 2.42. The fraction of sp³-hybridized carbons (Fsp3) is 0.400. The molecule has 9 heteroatoms. The van der Waals surface area contributed by atoms with Gasteiger partial charge in [-0.3, -0.25) is 0 Å². The van der Waals surface area contributed by atoms with Crippen molar-refractivity contribution in [3.8, 4) is 0 Å². The molecule has 0 atom stereocenters. The van der Waals surface area contributed by atoms with Gasteiger partial charge < -0.3 is 17.6 Å². The first-order chi connectivity index (χ1) is 6.14. The van der Waals surface area contributed by atoms with E-state index < -0.39 is 24.3 Å². The minimum atomic E-state index is -5.71. The average Bonchev–Trinajstić information content (AvgIpc) is 2.27. The molecule has 0 saturated carbocycles. The van der Waals surface area contributed by atoms with Gasteiger partial charge in [0.05, 0.1) is 11.8 Å². The molecule has 0 aromatic carbocycles. The highest BCUT2D eigenvalue weighted by Crippen LogP contribution is 2.29. The molecule has 0 aliphatic carbocycles. The molecule has 80 valence electrons. The molecule has 14 heavy (non-hydrogen) atoms. The Morgan fingerprint density at radius 3 is 2.07 bits per heavy atom. The lowest BCUT2D eigenvalue weighted by atomic mass is 9.82. The third-order valence-electron chi connectivity index (χ3n) is 1.60. The Kier molecular flexibility index (Phi) is 2.28. The van der Waals surface area contributed by atoms with E-state index in [1.807, 2.05) is 0 Å². The van der Waals surface area contributed by atoms with Gasteiger partial charge in [-0.15, -0.1) is 0 Å². The fourth-order valence-electron chi connectivity index (χ4n) is 1.05. The summed E-state index contributed by atoms with van der Waals surface area (Å²) >= 11 is 0. The Balaban J connectivity index is 3.35. The Labute approximate surface area is 74.6 Å². The molecule has 0 amide bonds. The van der Waals surface area contributed by atoms with Gasteiger partial charge in [0, 0.05) is 7.05 Å². The van der Waals surface area contributed by atoms with Crippen molar-refractivity contribution in [1.29, 1.82) is 0 Å². The van der Waals surface area contributed by atoms with E-state index in [0.29, 0.717) is 0 Å². The minimum Gasteiger partial charge on any atom is -0.444 e. The number of aryl methyl sites for hydroxylation is 1. The first-order valence-corrected chi connectivity index (χ1v) is 3.43. The largest absolute Gasteiger partial charge is 0.528 e. The summed E-state index contributed by atoms with van der Waals surface area (Å²) in [6.45, 7) is -5.71.